The molecule has 0 radical (unpaired) electrons. The number of nitrogens with one attached hydrogen (secondary N) is 1. The molecule has 2 heterocycles. The summed E-state index contributed by atoms with van der Waals surface area (Å²) in [7, 11) is 0. The van der Waals surface area contributed by atoms with Crippen LogP contribution in [0, 0.1) is 5.92 Å². The van der Waals surface area contributed by atoms with Gasteiger partial charge in [-0.1, -0.05) is 26.0 Å². The number of hydrogen-bond acceptors (Lipinski definition) is 3. The predicted octanol–water partition coefficient (Wildman–Crippen LogP) is 3.48. The van der Waals surface area contributed by atoms with E-state index < -0.39 is 0 Å². The maximum absolute atomic E-state index is 12.8. The smallest absolute Gasteiger partial charge is 0.255 e. The summed E-state index contributed by atoms with van der Waals surface area (Å²) in [5.41, 5.74) is 2.07. The summed E-state index contributed by atoms with van der Waals surface area (Å²) in [4.78, 5) is 13.9. The lowest BCUT2D eigenvalue weighted by atomic mass is 10.1. The highest BCUT2D eigenvalue weighted by Gasteiger charge is 2.21. The van der Waals surface area contributed by atoms with Crippen LogP contribution in [0.3, 0.4) is 0 Å². The Hall–Kier alpha value is -1.39. The molecule has 0 amide bonds. The first-order valence-electron chi connectivity index (χ1n) is 7.65. The second-order valence-corrected chi connectivity index (χ2v) is 7.13. The fourth-order valence-electron chi connectivity index (χ4n) is 2.49. The molecule has 0 bridgehead atoms. The molecule has 0 aliphatic heterocycles. The van der Waals surface area contributed by atoms with Crippen molar-refractivity contribution in [2.45, 2.75) is 45.8 Å². The van der Waals surface area contributed by atoms with E-state index in [2.05, 4.69) is 36.7 Å². The van der Waals surface area contributed by atoms with Crippen LogP contribution < -0.4 is 10.9 Å². The average molecular weight is 302 g/mol. The molecule has 1 N–H and O–H groups in total. The lowest BCUT2D eigenvalue weighted by Crippen LogP contribution is -2.30. The molecule has 0 aromatic carbocycles. The second kappa shape index (κ2) is 6.16. The molecule has 0 unspecified atom stereocenters. The van der Waals surface area contributed by atoms with Crippen molar-refractivity contribution >= 4 is 11.3 Å². The molecule has 0 saturated heterocycles. The Kier molecular flexibility index (Phi) is 4.27. The Morgan fingerprint density at radius 2 is 2.14 bits per heavy atom. The molecule has 0 spiro atoms. The first-order chi connectivity index (χ1) is 10.1. The lowest BCUT2D eigenvalue weighted by molar-refractivity contribution is 0.511. The van der Waals surface area contributed by atoms with Gasteiger partial charge in [0.25, 0.3) is 5.56 Å². The van der Waals surface area contributed by atoms with Crippen LogP contribution in [0.4, 0.5) is 0 Å². The first kappa shape index (κ1) is 14.5. The summed E-state index contributed by atoms with van der Waals surface area (Å²) in [6.45, 7) is 5.76. The molecule has 4 heteroatoms. The molecular formula is C17H22N2OS. The Labute approximate surface area is 129 Å². The molecule has 1 aliphatic rings. The van der Waals surface area contributed by atoms with Crippen molar-refractivity contribution < 1.29 is 0 Å². The van der Waals surface area contributed by atoms with Crippen molar-refractivity contribution in [1.82, 2.24) is 9.88 Å². The monoisotopic (exact) mass is 302 g/mol. The van der Waals surface area contributed by atoms with Crippen LogP contribution in [-0.4, -0.2) is 10.6 Å². The summed E-state index contributed by atoms with van der Waals surface area (Å²) in [5.74, 6) is 0.452. The van der Waals surface area contributed by atoms with E-state index in [9.17, 15) is 4.79 Å². The minimum atomic E-state index is 0.155. The van der Waals surface area contributed by atoms with Crippen LogP contribution >= 0.6 is 11.3 Å². The maximum atomic E-state index is 12.8. The van der Waals surface area contributed by atoms with Crippen LogP contribution in [0.15, 0.2) is 34.4 Å². The van der Waals surface area contributed by atoms with Gasteiger partial charge < -0.3 is 9.88 Å². The zero-order valence-electron chi connectivity index (χ0n) is 12.6. The average Bonchev–Trinajstić information content (AvgIpc) is 3.12. The van der Waals surface area contributed by atoms with Gasteiger partial charge in [-0.05, 0) is 36.3 Å². The Morgan fingerprint density at radius 3 is 2.76 bits per heavy atom. The van der Waals surface area contributed by atoms with Gasteiger partial charge in [-0.25, -0.2) is 0 Å². The molecule has 0 atom stereocenters. The predicted molar refractivity (Wildman–Crippen MR) is 88.7 cm³/mol. The molecule has 2 aromatic heterocycles. The molecule has 21 heavy (non-hydrogen) atoms. The highest BCUT2D eigenvalue weighted by atomic mass is 32.1. The SMILES string of the molecule is CC(C)Cn1c(-c2cccs2)ccc(CNC2CC2)c1=O. The molecule has 3 rings (SSSR count). The molecule has 112 valence electrons. The molecule has 3 nitrogen and oxygen atoms in total. The lowest BCUT2D eigenvalue weighted by Gasteiger charge is -2.16. The van der Waals surface area contributed by atoms with E-state index in [4.69, 9.17) is 0 Å². The highest BCUT2D eigenvalue weighted by molar-refractivity contribution is 7.13. The summed E-state index contributed by atoms with van der Waals surface area (Å²) in [6, 6.07) is 8.83. The number of aromatic nitrogens is 1. The summed E-state index contributed by atoms with van der Waals surface area (Å²) in [6.07, 6.45) is 2.49. The van der Waals surface area contributed by atoms with Gasteiger partial charge in [0.15, 0.2) is 0 Å². The van der Waals surface area contributed by atoms with Crippen molar-refractivity contribution in [1.29, 1.82) is 0 Å². The van der Waals surface area contributed by atoms with Crippen molar-refractivity contribution in [3.8, 4) is 10.6 Å². The van der Waals surface area contributed by atoms with Gasteiger partial charge in [-0.15, -0.1) is 11.3 Å². The van der Waals surface area contributed by atoms with Crippen molar-refractivity contribution in [2.24, 2.45) is 5.92 Å². The van der Waals surface area contributed by atoms with E-state index in [1.165, 1.54) is 12.8 Å². The van der Waals surface area contributed by atoms with Crippen molar-refractivity contribution in [2.75, 3.05) is 0 Å². The van der Waals surface area contributed by atoms with E-state index in [1.807, 2.05) is 16.7 Å². The van der Waals surface area contributed by atoms with Gasteiger partial charge in [-0.3, -0.25) is 4.79 Å². The highest BCUT2D eigenvalue weighted by Crippen LogP contribution is 2.25. The zero-order chi connectivity index (χ0) is 14.8. The van der Waals surface area contributed by atoms with Crippen molar-refractivity contribution in [3.05, 3.63) is 45.6 Å². The zero-order valence-corrected chi connectivity index (χ0v) is 13.5. The minimum absolute atomic E-state index is 0.155. The number of thiophene rings is 1. The van der Waals surface area contributed by atoms with Crippen LogP contribution in [-0.2, 0) is 13.1 Å². The standard InChI is InChI=1S/C17H22N2OS/c1-12(2)11-19-15(16-4-3-9-21-16)8-5-13(17(19)20)10-18-14-6-7-14/h3-5,8-9,12,14,18H,6-7,10-11H2,1-2H3. The van der Waals surface area contributed by atoms with Gasteiger partial charge in [-0.2, -0.15) is 0 Å². The second-order valence-electron chi connectivity index (χ2n) is 6.19. The third-order valence-corrected chi connectivity index (χ3v) is 4.63. The minimum Gasteiger partial charge on any atom is -0.310 e. The van der Waals surface area contributed by atoms with Crippen molar-refractivity contribution in [3.63, 3.8) is 0 Å². The fraction of sp³-hybridized carbons (Fsp3) is 0.471. The molecule has 2 aromatic rings. The van der Waals surface area contributed by atoms with E-state index in [0.29, 0.717) is 18.5 Å². The first-order valence-corrected chi connectivity index (χ1v) is 8.53. The topological polar surface area (TPSA) is 34.0 Å². The largest absolute Gasteiger partial charge is 0.310 e. The quantitative estimate of drug-likeness (QED) is 0.886. The number of pyridine rings is 1. The molecule has 1 fully saturated rings. The summed E-state index contributed by atoms with van der Waals surface area (Å²) >= 11 is 1.68. The Bertz CT molecular complexity index is 654. The third kappa shape index (κ3) is 3.44. The fourth-order valence-corrected chi connectivity index (χ4v) is 3.25. The van der Waals surface area contributed by atoms with Gasteiger partial charge in [0.2, 0.25) is 0 Å². The molecule has 1 aliphatic carbocycles. The maximum Gasteiger partial charge on any atom is 0.255 e. The van der Waals surface area contributed by atoms with E-state index in [0.717, 1.165) is 22.7 Å². The Balaban J connectivity index is 1.96. The molecular weight excluding hydrogens is 280 g/mol. The van der Waals surface area contributed by atoms with E-state index in [1.54, 1.807) is 11.3 Å². The van der Waals surface area contributed by atoms with Crippen LogP contribution in [0.1, 0.15) is 32.3 Å². The van der Waals surface area contributed by atoms with Crippen LogP contribution in [0.5, 0.6) is 0 Å². The number of nitrogens with zero attached hydrogens (tertiary/aromatic N) is 1. The van der Waals surface area contributed by atoms with Gasteiger partial charge in [0.05, 0.1) is 10.6 Å². The Morgan fingerprint density at radius 1 is 1.33 bits per heavy atom. The normalized spacial score (nSPS) is 14.8. The summed E-state index contributed by atoms with van der Waals surface area (Å²) < 4.78 is 1.94. The number of hydrogen-bond donors (Lipinski definition) is 1. The van der Waals surface area contributed by atoms with E-state index >= 15 is 0 Å². The summed E-state index contributed by atoms with van der Waals surface area (Å²) in [5, 5.41) is 5.50. The van der Waals surface area contributed by atoms with Gasteiger partial charge >= 0.3 is 0 Å². The van der Waals surface area contributed by atoms with Gasteiger partial charge in [0, 0.05) is 24.7 Å². The van der Waals surface area contributed by atoms with E-state index in [-0.39, 0.29) is 5.56 Å². The number of rotatable bonds is 6. The van der Waals surface area contributed by atoms with Crippen LogP contribution in [0.25, 0.3) is 10.6 Å². The van der Waals surface area contributed by atoms with Crippen LogP contribution in [0.2, 0.25) is 0 Å². The third-order valence-electron chi connectivity index (χ3n) is 3.73. The molecule has 1 saturated carbocycles. The van der Waals surface area contributed by atoms with Gasteiger partial charge in [0.1, 0.15) is 0 Å².